The zero-order valence-corrected chi connectivity index (χ0v) is 19.2. The van der Waals surface area contributed by atoms with Gasteiger partial charge in [-0.05, 0) is 42.0 Å². The number of carboxylic acids is 1. The molecule has 1 heterocycles. The zero-order chi connectivity index (χ0) is 24.4. The van der Waals surface area contributed by atoms with Crippen molar-refractivity contribution in [1.82, 2.24) is 9.97 Å². The fourth-order valence-corrected chi connectivity index (χ4v) is 4.25. The number of ether oxygens (including phenoxy) is 1. The second-order valence-electron chi connectivity index (χ2n) is 8.75. The van der Waals surface area contributed by atoms with Gasteiger partial charge < -0.3 is 14.8 Å². The summed E-state index contributed by atoms with van der Waals surface area (Å²) in [5, 5.41) is 12.2. The van der Waals surface area contributed by atoms with Gasteiger partial charge in [-0.15, -0.1) is 0 Å². The van der Waals surface area contributed by atoms with Crippen LogP contribution in [0.15, 0.2) is 85.2 Å². The minimum Gasteiger partial charge on any atom is -0.481 e. The van der Waals surface area contributed by atoms with Crippen LogP contribution >= 0.6 is 0 Å². The first-order chi connectivity index (χ1) is 17.0. The monoisotopic (exact) mass is 467 g/mol. The summed E-state index contributed by atoms with van der Waals surface area (Å²) in [7, 11) is 0. The molecule has 4 aromatic rings. The number of amides is 1. The first-order valence-electron chi connectivity index (χ1n) is 11.5. The number of imidazole rings is 1. The maximum absolute atomic E-state index is 12.4. The summed E-state index contributed by atoms with van der Waals surface area (Å²) in [6.45, 7) is 1.82. The van der Waals surface area contributed by atoms with Crippen LogP contribution in [0.4, 0.5) is 10.6 Å². The molecule has 35 heavy (non-hydrogen) atoms. The third kappa shape index (κ3) is 4.53. The number of aromatic nitrogens is 2. The number of aliphatic carboxylic acids is 1. The molecule has 7 nitrogen and oxygen atoms in total. The van der Waals surface area contributed by atoms with Gasteiger partial charge in [0.1, 0.15) is 17.6 Å². The number of hydrogen-bond donors (Lipinski definition) is 3. The van der Waals surface area contributed by atoms with E-state index in [1.54, 1.807) is 0 Å². The SMILES string of the molecule is CC(OC(=O)Nc1[nH]cnc1-c1ccc(-c2ccc(C3(C(=O)O)CC3)cc2)cc1)c1ccccc1. The number of rotatable bonds is 7. The first kappa shape index (κ1) is 22.4. The van der Waals surface area contributed by atoms with E-state index in [0.717, 1.165) is 27.8 Å². The van der Waals surface area contributed by atoms with Crippen LogP contribution in [0.5, 0.6) is 0 Å². The van der Waals surface area contributed by atoms with Crippen molar-refractivity contribution in [3.05, 3.63) is 96.3 Å². The molecule has 0 saturated heterocycles. The quantitative estimate of drug-likeness (QED) is 0.301. The average Bonchev–Trinajstić information content (AvgIpc) is 3.58. The van der Waals surface area contributed by atoms with Crippen molar-refractivity contribution in [2.45, 2.75) is 31.3 Å². The molecule has 1 aliphatic rings. The van der Waals surface area contributed by atoms with Crippen LogP contribution in [0.2, 0.25) is 0 Å². The Morgan fingerprint density at radius 3 is 2.14 bits per heavy atom. The largest absolute Gasteiger partial charge is 0.481 e. The molecule has 0 bridgehead atoms. The molecule has 1 atom stereocenters. The maximum Gasteiger partial charge on any atom is 0.413 e. The molecule has 7 heteroatoms. The predicted octanol–water partition coefficient (Wildman–Crippen LogP) is 6.17. The summed E-state index contributed by atoms with van der Waals surface area (Å²) in [6.07, 6.45) is 1.94. The molecule has 1 unspecified atom stereocenters. The molecular weight excluding hydrogens is 442 g/mol. The van der Waals surface area contributed by atoms with Gasteiger partial charge in [0.2, 0.25) is 0 Å². The van der Waals surface area contributed by atoms with Gasteiger partial charge >= 0.3 is 12.1 Å². The van der Waals surface area contributed by atoms with Crippen LogP contribution in [0.1, 0.15) is 37.0 Å². The number of anilines is 1. The summed E-state index contributed by atoms with van der Waals surface area (Å²) in [5.74, 6) is -0.299. The van der Waals surface area contributed by atoms with Gasteiger partial charge in [0.15, 0.2) is 0 Å². The summed E-state index contributed by atoms with van der Waals surface area (Å²) in [6, 6.07) is 25.1. The summed E-state index contributed by atoms with van der Waals surface area (Å²) in [5.41, 5.74) is 4.50. The van der Waals surface area contributed by atoms with E-state index in [1.807, 2.05) is 85.8 Å². The van der Waals surface area contributed by atoms with E-state index < -0.39 is 23.6 Å². The van der Waals surface area contributed by atoms with E-state index >= 15 is 0 Å². The fourth-order valence-electron chi connectivity index (χ4n) is 4.25. The van der Waals surface area contributed by atoms with E-state index in [9.17, 15) is 14.7 Å². The van der Waals surface area contributed by atoms with E-state index in [-0.39, 0.29) is 0 Å². The standard InChI is InChI=1S/C28H25N3O4/c1-18(19-5-3-2-4-6-19)35-27(34)31-25-24(29-17-30-25)22-9-7-20(8-10-22)21-11-13-23(14-12-21)28(15-16-28)26(32)33/h2-14,17-18H,15-16H2,1H3,(H,29,30)(H,31,34)(H,32,33). The molecule has 1 fully saturated rings. The Kier molecular flexibility index (Phi) is 5.82. The summed E-state index contributed by atoms with van der Waals surface area (Å²) in [4.78, 5) is 31.3. The number of H-pyrrole nitrogens is 1. The molecule has 0 radical (unpaired) electrons. The predicted molar refractivity (Wildman–Crippen MR) is 133 cm³/mol. The third-order valence-corrected chi connectivity index (χ3v) is 6.51. The summed E-state index contributed by atoms with van der Waals surface area (Å²) >= 11 is 0. The van der Waals surface area contributed by atoms with Crippen molar-refractivity contribution in [2.75, 3.05) is 5.32 Å². The fraction of sp³-hybridized carbons (Fsp3) is 0.179. The second-order valence-corrected chi connectivity index (χ2v) is 8.75. The van der Waals surface area contributed by atoms with Crippen molar-refractivity contribution in [2.24, 2.45) is 0 Å². The third-order valence-electron chi connectivity index (χ3n) is 6.51. The van der Waals surface area contributed by atoms with Gasteiger partial charge in [0.05, 0.1) is 11.7 Å². The highest BCUT2D eigenvalue weighted by molar-refractivity contribution is 5.89. The van der Waals surface area contributed by atoms with Crippen LogP contribution in [0.3, 0.4) is 0 Å². The van der Waals surface area contributed by atoms with Crippen LogP contribution in [-0.4, -0.2) is 27.1 Å². The molecule has 3 aromatic carbocycles. The van der Waals surface area contributed by atoms with E-state index in [0.29, 0.717) is 24.4 Å². The van der Waals surface area contributed by atoms with Gasteiger partial charge in [-0.2, -0.15) is 0 Å². The Balaban J connectivity index is 1.27. The highest BCUT2D eigenvalue weighted by Crippen LogP contribution is 2.48. The second kappa shape index (κ2) is 9.10. The topological polar surface area (TPSA) is 104 Å². The van der Waals surface area contributed by atoms with E-state index in [1.165, 1.54) is 6.33 Å². The van der Waals surface area contributed by atoms with Crippen molar-refractivity contribution < 1.29 is 19.4 Å². The number of nitrogens with zero attached hydrogens (tertiary/aromatic N) is 1. The van der Waals surface area contributed by atoms with Gasteiger partial charge in [-0.3, -0.25) is 10.1 Å². The number of aromatic amines is 1. The van der Waals surface area contributed by atoms with E-state index in [4.69, 9.17) is 4.74 Å². The lowest BCUT2D eigenvalue weighted by atomic mass is 9.93. The molecule has 1 aromatic heterocycles. The lowest BCUT2D eigenvalue weighted by Crippen LogP contribution is -2.19. The minimum absolute atomic E-state index is 0.390. The molecule has 1 amide bonds. The van der Waals surface area contributed by atoms with Crippen LogP contribution in [-0.2, 0) is 14.9 Å². The Bertz CT molecular complexity index is 1340. The van der Waals surface area contributed by atoms with Crippen LogP contribution < -0.4 is 5.32 Å². The molecule has 0 spiro atoms. The number of carbonyl (C=O) groups excluding carboxylic acids is 1. The highest BCUT2D eigenvalue weighted by atomic mass is 16.6. The zero-order valence-electron chi connectivity index (χ0n) is 19.2. The van der Waals surface area contributed by atoms with Gasteiger partial charge in [0, 0.05) is 5.56 Å². The number of carboxylic acid groups (broad SMARTS) is 1. The van der Waals surface area contributed by atoms with Crippen molar-refractivity contribution in [1.29, 1.82) is 0 Å². The van der Waals surface area contributed by atoms with Crippen molar-refractivity contribution in [3.8, 4) is 22.4 Å². The number of benzene rings is 3. The van der Waals surface area contributed by atoms with Crippen molar-refractivity contribution >= 4 is 17.9 Å². The smallest absolute Gasteiger partial charge is 0.413 e. The molecule has 176 valence electrons. The van der Waals surface area contributed by atoms with Gasteiger partial charge in [-0.1, -0.05) is 78.9 Å². The molecular formula is C28H25N3O4. The Hall–Kier alpha value is -4.39. The Morgan fingerprint density at radius 1 is 0.943 bits per heavy atom. The van der Waals surface area contributed by atoms with Crippen molar-refractivity contribution in [3.63, 3.8) is 0 Å². The first-order valence-corrected chi connectivity index (χ1v) is 11.5. The molecule has 1 saturated carbocycles. The minimum atomic E-state index is -0.753. The Morgan fingerprint density at radius 2 is 1.54 bits per heavy atom. The molecule has 0 aliphatic heterocycles. The average molecular weight is 468 g/mol. The van der Waals surface area contributed by atoms with Gasteiger partial charge in [-0.25, -0.2) is 9.78 Å². The molecule has 1 aliphatic carbocycles. The number of hydrogen-bond acceptors (Lipinski definition) is 4. The molecule has 3 N–H and O–H groups in total. The highest BCUT2D eigenvalue weighted by Gasteiger charge is 2.51. The number of carbonyl (C=O) groups is 2. The lowest BCUT2D eigenvalue weighted by Gasteiger charge is -2.14. The lowest BCUT2D eigenvalue weighted by molar-refractivity contribution is -0.140. The Labute approximate surface area is 202 Å². The molecule has 5 rings (SSSR count). The van der Waals surface area contributed by atoms with E-state index in [2.05, 4.69) is 15.3 Å². The normalized spacial score (nSPS) is 14.7. The summed E-state index contributed by atoms with van der Waals surface area (Å²) < 4.78 is 5.50. The number of nitrogens with one attached hydrogen (secondary N) is 2. The maximum atomic E-state index is 12.4. The van der Waals surface area contributed by atoms with Gasteiger partial charge in [0.25, 0.3) is 0 Å². The van der Waals surface area contributed by atoms with Crippen LogP contribution in [0.25, 0.3) is 22.4 Å². The van der Waals surface area contributed by atoms with Crippen LogP contribution in [0, 0.1) is 0 Å².